The average Bonchev–Trinajstić information content (AvgIpc) is 3.40. The lowest BCUT2D eigenvalue weighted by Gasteiger charge is -2.12. The third-order valence-corrected chi connectivity index (χ3v) is 7.21. The largest absolute Gasteiger partial charge is 0.435 e. The summed E-state index contributed by atoms with van der Waals surface area (Å²) in [6, 6.07) is 2.39. The van der Waals surface area contributed by atoms with Crippen LogP contribution in [0.2, 0.25) is 0 Å². The van der Waals surface area contributed by atoms with Gasteiger partial charge in [0.15, 0.2) is 21.4 Å². The minimum atomic E-state index is -4.85. The zero-order chi connectivity index (χ0) is 26.8. The summed E-state index contributed by atoms with van der Waals surface area (Å²) in [6.45, 7) is 1.32. The topological polar surface area (TPSA) is 105 Å². The number of alkyl halides is 6. The molecule has 192 valence electrons. The Morgan fingerprint density at radius 1 is 1.00 bits per heavy atom. The van der Waals surface area contributed by atoms with Crippen molar-refractivity contribution in [3.8, 4) is 17.2 Å². The van der Waals surface area contributed by atoms with Crippen LogP contribution in [0.15, 0.2) is 40.3 Å². The molecule has 0 spiro atoms. The summed E-state index contributed by atoms with van der Waals surface area (Å²) in [4.78, 5) is 20.3. The van der Waals surface area contributed by atoms with Crippen molar-refractivity contribution in [2.75, 3.05) is 5.75 Å². The Labute approximate surface area is 198 Å². The van der Waals surface area contributed by atoms with Gasteiger partial charge in [-0.1, -0.05) is 6.92 Å². The van der Waals surface area contributed by atoms with Gasteiger partial charge in [-0.05, 0) is 18.2 Å². The van der Waals surface area contributed by atoms with E-state index in [1.165, 1.54) is 14.0 Å². The molecule has 16 heteroatoms. The molecular weight excluding hydrogens is 518 g/mol. The minimum absolute atomic E-state index is 0.115. The highest BCUT2D eigenvalue weighted by Gasteiger charge is 2.36. The van der Waals surface area contributed by atoms with E-state index in [1.54, 1.807) is 0 Å². The third kappa shape index (κ3) is 4.14. The highest BCUT2D eigenvalue weighted by atomic mass is 32.2. The van der Waals surface area contributed by atoms with Gasteiger partial charge in [0.25, 0.3) is 5.56 Å². The highest BCUT2D eigenvalue weighted by molar-refractivity contribution is 7.91. The van der Waals surface area contributed by atoms with Gasteiger partial charge in [-0.15, -0.1) is 0 Å². The standard InChI is InChI=1S/C20H16F6N6O3S/c1-4-36(34,35)12-7-10(32-6-5-13(29-32)19(21,22)23)9-27-15(12)17-28-11-8-14(20(24,25)26)30(2)18(33)16(11)31(17)3/h5-9H,4H2,1-3H3. The summed E-state index contributed by atoms with van der Waals surface area (Å²) < 4.78 is 107. The first-order valence-electron chi connectivity index (χ1n) is 10.1. The van der Waals surface area contributed by atoms with E-state index >= 15 is 0 Å². The molecule has 4 heterocycles. The number of fused-ring (bicyclic) bond motifs is 1. The second-order valence-electron chi connectivity index (χ2n) is 7.71. The Kier molecular flexibility index (Phi) is 5.77. The molecule has 0 saturated carbocycles. The van der Waals surface area contributed by atoms with Crippen LogP contribution in [0.5, 0.6) is 0 Å². The zero-order valence-electron chi connectivity index (χ0n) is 18.7. The number of hydrogen-bond acceptors (Lipinski definition) is 6. The van der Waals surface area contributed by atoms with Crippen LogP contribution >= 0.6 is 0 Å². The average molecular weight is 534 g/mol. The molecule has 4 rings (SSSR count). The van der Waals surface area contributed by atoms with E-state index < -0.39 is 49.8 Å². The molecule has 0 aromatic carbocycles. The Bertz CT molecular complexity index is 1660. The highest BCUT2D eigenvalue weighted by Crippen LogP contribution is 2.33. The van der Waals surface area contributed by atoms with Gasteiger partial charge in [0.1, 0.15) is 16.9 Å². The Balaban J connectivity index is 1.98. The molecular formula is C20H16F6N6O3S. The molecule has 36 heavy (non-hydrogen) atoms. The molecule has 0 saturated heterocycles. The monoisotopic (exact) mass is 534 g/mol. The Morgan fingerprint density at radius 2 is 1.67 bits per heavy atom. The number of aromatic nitrogens is 6. The van der Waals surface area contributed by atoms with Crippen molar-refractivity contribution in [1.82, 2.24) is 28.9 Å². The van der Waals surface area contributed by atoms with Crippen molar-refractivity contribution in [2.45, 2.75) is 24.2 Å². The van der Waals surface area contributed by atoms with Gasteiger partial charge in [-0.25, -0.2) is 23.1 Å². The molecule has 9 nitrogen and oxygen atoms in total. The lowest BCUT2D eigenvalue weighted by molar-refractivity contribution is -0.143. The summed E-state index contributed by atoms with van der Waals surface area (Å²) in [6.07, 6.45) is -7.57. The van der Waals surface area contributed by atoms with Crippen molar-refractivity contribution in [3.05, 3.63) is 52.3 Å². The molecule has 0 atom stereocenters. The van der Waals surface area contributed by atoms with Gasteiger partial charge in [0.2, 0.25) is 0 Å². The number of hydrogen-bond donors (Lipinski definition) is 0. The molecule has 0 fully saturated rings. The molecule has 4 aromatic heterocycles. The number of imidazole rings is 1. The van der Waals surface area contributed by atoms with Crippen molar-refractivity contribution in [3.63, 3.8) is 0 Å². The molecule has 0 radical (unpaired) electrons. The molecule has 0 bridgehead atoms. The first kappa shape index (κ1) is 25.4. The van der Waals surface area contributed by atoms with Crippen LogP contribution in [0, 0.1) is 0 Å². The van der Waals surface area contributed by atoms with Gasteiger partial charge < -0.3 is 9.13 Å². The minimum Gasteiger partial charge on any atom is -0.321 e. The van der Waals surface area contributed by atoms with Gasteiger partial charge in [-0.2, -0.15) is 31.4 Å². The van der Waals surface area contributed by atoms with E-state index in [4.69, 9.17) is 0 Å². The molecule has 0 N–H and O–H groups in total. The first-order valence-corrected chi connectivity index (χ1v) is 11.7. The smallest absolute Gasteiger partial charge is 0.321 e. The maximum Gasteiger partial charge on any atom is 0.435 e. The maximum atomic E-state index is 13.4. The Hall–Kier alpha value is -3.69. The van der Waals surface area contributed by atoms with Gasteiger partial charge in [-0.3, -0.25) is 4.79 Å². The summed E-state index contributed by atoms with van der Waals surface area (Å²) in [5.74, 6) is -0.654. The zero-order valence-corrected chi connectivity index (χ0v) is 19.5. The van der Waals surface area contributed by atoms with Crippen molar-refractivity contribution < 1.29 is 34.8 Å². The quantitative estimate of drug-likeness (QED) is 0.372. The number of aryl methyl sites for hydroxylation is 1. The van der Waals surface area contributed by atoms with E-state index in [1.807, 2.05) is 0 Å². The second kappa shape index (κ2) is 8.18. The predicted octanol–water partition coefficient (Wildman–Crippen LogP) is 3.35. The van der Waals surface area contributed by atoms with Crippen molar-refractivity contribution >= 4 is 20.9 Å². The van der Waals surface area contributed by atoms with E-state index in [9.17, 15) is 39.6 Å². The molecule has 0 aliphatic rings. The van der Waals surface area contributed by atoms with Crippen molar-refractivity contribution in [1.29, 1.82) is 0 Å². The predicted molar refractivity (Wildman–Crippen MR) is 114 cm³/mol. The summed E-state index contributed by atoms with van der Waals surface area (Å²) in [5.41, 5.74) is -4.46. The number of halogens is 6. The molecule has 0 aliphatic heterocycles. The lowest BCUT2D eigenvalue weighted by Crippen LogP contribution is -2.26. The Morgan fingerprint density at radius 3 is 2.22 bits per heavy atom. The van der Waals surface area contributed by atoms with Crippen molar-refractivity contribution in [2.24, 2.45) is 14.1 Å². The van der Waals surface area contributed by atoms with Gasteiger partial charge >= 0.3 is 12.4 Å². The number of pyridine rings is 2. The second-order valence-corrected chi connectivity index (χ2v) is 9.95. The normalized spacial score (nSPS) is 13.0. The fourth-order valence-corrected chi connectivity index (χ4v) is 4.64. The van der Waals surface area contributed by atoms with Crippen LogP contribution in [0.1, 0.15) is 18.3 Å². The van der Waals surface area contributed by atoms with Crippen LogP contribution in [-0.4, -0.2) is 43.1 Å². The van der Waals surface area contributed by atoms with E-state index in [-0.39, 0.29) is 28.2 Å². The van der Waals surface area contributed by atoms with Gasteiger partial charge in [0.05, 0.1) is 28.0 Å². The fourth-order valence-electron chi connectivity index (χ4n) is 3.59. The fraction of sp³-hybridized carbons (Fsp3) is 0.300. The molecule has 0 aliphatic carbocycles. The van der Waals surface area contributed by atoms with E-state index in [0.717, 1.165) is 34.8 Å². The van der Waals surface area contributed by atoms with Crippen LogP contribution in [-0.2, 0) is 36.3 Å². The number of rotatable bonds is 4. The number of sulfone groups is 1. The van der Waals surface area contributed by atoms with E-state index in [0.29, 0.717) is 16.7 Å². The third-order valence-electron chi connectivity index (χ3n) is 5.46. The van der Waals surface area contributed by atoms with Crippen LogP contribution in [0.3, 0.4) is 0 Å². The molecule has 0 unspecified atom stereocenters. The molecule has 0 amide bonds. The lowest BCUT2D eigenvalue weighted by atomic mass is 10.3. The molecule has 4 aromatic rings. The van der Waals surface area contributed by atoms with Crippen LogP contribution < -0.4 is 5.56 Å². The first-order chi connectivity index (χ1) is 16.6. The summed E-state index contributed by atoms with van der Waals surface area (Å²) in [5, 5.41) is 3.39. The van der Waals surface area contributed by atoms with Crippen LogP contribution in [0.25, 0.3) is 28.2 Å². The summed E-state index contributed by atoms with van der Waals surface area (Å²) in [7, 11) is -1.83. The summed E-state index contributed by atoms with van der Waals surface area (Å²) >= 11 is 0. The maximum absolute atomic E-state index is 13.4. The SMILES string of the molecule is CCS(=O)(=O)c1cc(-n2ccc(C(F)(F)F)n2)cnc1-c1nc2cc(C(F)(F)F)n(C)c(=O)c2n1C. The number of nitrogens with zero attached hydrogens (tertiary/aromatic N) is 6. The van der Waals surface area contributed by atoms with E-state index in [2.05, 4.69) is 15.1 Å². The van der Waals surface area contributed by atoms with Gasteiger partial charge in [0, 0.05) is 20.3 Å². The van der Waals surface area contributed by atoms with Crippen LogP contribution in [0.4, 0.5) is 26.3 Å².